The number of fused-ring (bicyclic) bond motifs is 1. The molecule has 2 fully saturated rings. The van der Waals surface area contributed by atoms with Crippen LogP contribution in [0.25, 0.3) is 0 Å². The molecule has 0 aromatic rings. The molecule has 6 nitrogen and oxygen atoms in total. The topological polar surface area (TPSA) is 65.1 Å². The number of nitrogens with zero attached hydrogens (tertiary/aromatic N) is 1. The quantitative estimate of drug-likeness (QED) is 0.501. The highest BCUT2D eigenvalue weighted by Crippen LogP contribution is 2.59. The van der Waals surface area contributed by atoms with Gasteiger partial charge in [-0.15, -0.1) is 0 Å². The largest absolute Gasteiger partial charge is 0.410 e. The molecule has 24 heavy (non-hydrogen) atoms. The lowest BCUT2D eigenvalue weighted by molar-refractivity contribution is -0.144. The van der Waals surface area contributed by atoms with Gasteiger partial charge in [0.25, 0.3) is 0 Å². The van der Waals surface area contributed by atoms with Gasteiger partial charge in [-0.2, -0.15) is 0 Å². The summed E-state index contributed by atoms with van der Waals surface area (Å²) in [6.07, 6.45) is 2.29. The zero-order chi connectivity index (χ0) is 18.2. The van der Waals surface area contributed by atoms with Gasteiger partial charge in [-0.1, -0.05) is 0 Å². The van der Waals surface area contributed by atoms with Crippen molar-refractivity contribution in [3.63, 3.8) is 0 Å². The zero-order valence-electron chi connectivity index (χ0n) is 15.8. The predicted octanol–water partition coefficient (Wildman–Crippen LogP) is 3.63. The standard InChI is InChI=1S/C16H32NO5PSi/c1-7-20-23(19,21-8-2)13-12-16(3,22-24(4,5)6)14-10-9-11-17(14)15(13)18/h13-14H,7-12H2,1-6H3/t13?,14-,16-/m0/s1. The van der Waals surface area contributed by atoms with E-state index in [1.54, 1.807) is 13.8 Å². The maximum absolute atomic E-state index is 13.3. The Bertz CT molecular complexity index is 513. The number of carbonyl (C=O) groups excluding carboxylic acids is 1. The molecule has 2 rings (SSSR count). The first-order valence-corrected chi connectivity index (χ1v) is 14.0. The Morgan fingerprint density at radius 3 is 2.33 bits per heavy atom. The molecule has 0 radical (unpaired) electrons. The maximum Gasteiger partial charge on any atom is 0.343 e. The van der Waals surface area contributed by atoms with Crippen molar-refractivity contribution in [2.45, 2.75) is 77.0 Å². The van der Waals surface area contributed by atoms with E-state index in [2.05, 4.69) is 26.6 Å². The second kappa shape index (κ2) is 7.20. The predicted molar refractivity (Wildman–Crippen MR) is 96.8 cm³/mol. The minimum atomic E-state index is -3.50. The van der Waals surface area contributed by atoms with E-state index in [1.165, 1.54) is 0 Å². The van der Waals surface area contributed by atoms with Gasteiger partial charge in [-0.25, -0.2) is 0 Å². The van der Waals surface area contributed by atoms with E-state index in [1.807, 2.05) is 4.90 Å². The lowest BCUT2D eigenvalue weighted by Crippen LogP contribution is -2.63. The lowest BCUT2D eigenvalue weighted by Gasteiger charge is -2.50. The highest BCUT2D eigenvalue weighted by Gasteiger charge is 2.58. The average molecular weight is 377 g/mol. The van der Waals surface area contributed by atoms with Gasteiger partial charge < -0.3 is 18.4 Å². The van der Waals surface area contributed by atoms with E-state index in [0.29, 0.717) is 13.0 Å². The van der Waals surface area contributed by atoms with Crippen molar-refractivity contribution in [2.24, 2.45) is 0 Å². The van der Waals surface area contributed by atoms with Crippen LogP contribution < -0.4 is 0 Å². The molecule has 2 saturated heterocycles. The first-order chi connectivity index (χ1) is 11.1. The first-order valence-electron chi connectivity index (χ1n) is 8.96. The van der Waals surface area contributed by atoms with Crippen LogP contribution in [0.1, 0.15) is 40.0 Å². The Labute approximate surface area is 146 Å². The van der Waals surface area contributed by atoms with Crippen LogP contribution >= 0.6 is 7.60 Å². The summed E-state index contributed by atoms with van der Waals surface area (Å²) >= 11 is 0. The Kier molecular flexibility index (Phi) is 6.03. The van der Waals surface area contributed by atoms with Crippen LogP contribution in [-0.4, -0.2) is 56.2 Å². The van der Waals surface area contributed by atoms with E-state index in [0.717, 1.165) is 12.8 Å². The summed E-state index contributed by atoms with van der Waals surface area (Å²) in [5.41, 5.74) is -1.27. The molecule has 2 aliphatic heterocycles. The van der Waals surface area contributed by atoms with Crippen LogP contribution in [0.4, 0.5) is 0 Å². The molecule has 0 spiro atoms. The Morgan fingerprint density at radius 1 is 1.25 bits per heavy atom. The molecule has 3 atom stereocenters. The van der Waals surface area contributed by atoms with E-state index in [9.17, 15) is 9.36 Å². The summed E-state index contributed by atoms with van der Waals surface area (Å²) in [6, 6.07) is 0.0599. The van der Waals surface area contributed by atoms with Crippen molar-refractivity contribution in [1.82, 2.24) is 4.90 Å². The number of carbonyl (C=O) groups is 1. The van der Waals surface area contributed by atoms with Crippen LogP contribution in [0.15, 0.2) is 0 Å². The Morgan fingerprint density at radius 2 is 1.83 bits per heavy atom. The third kappa shape index (κ3) is 3.96. The van der Waals surface area contributed by atoms with Gasteiger partial charge in [-0.05, 0) is 53.3 Å². The molecule has 1 amide bonds. The van der Waals surface area contributed by atoms with Crippen LogP contribution in [-0.2, 0) is 22.8 Å². The van der Waals surface area contributed by atoms with E-state index >= 15 is 0 Å². The fraction of sp³-hybridized carbons (Fsp3) is 0.938. The highest BCUT2D eigenvalue weighted by atomic mass is 31.2. The number of amides is 1. The molecule has 2 heterocycles. The minimum Gasteiger partial charge on any atom is -0.410 e. The molecular weight excluding hydrogens is 345 g/mol. The monoisotopic (exact) mass is 377 g/mol. The second-order valence-corrected chi connectivity index (χ2v) is 14.5. The van der Waals surface area contributed by atoms with Crippen molar-refractivity contribution < 1.29 is 22.8 Å². The van der Waals surface area contributed by atoms with Gasteiger partial charge in [0, 0.05) is 13.0 Å². The van der Waals surface area contributed by atoms with Crippen molar-refractivity contribution in [3.8, 4) is 0 Å². The number of hydrogen-bond donors (Lipinski definition) is 0. The zero-order valence-corrected chi connectivity index (χ0v) is 17.7. The molecule has 8 heteroatoms. The van der Waals surface area contributed by atoms with E-state index in [4.69, 9.17) is 13.5 Å². The molecule has 1 unspecified atom stereocenters. The number of hydrogen-bond acceptors (Lipinski definition) is 5. The summed E-state index contributed by atoms with van der Waals surface area (Å²) in [6.45, 7) is 13.3. The van der Waals surface area contributed by atoms with Crippen LogP contribution in [0.2, 0.25) is 19.6 Å². The minimum absolute atomic E-state index is 0.0599. The summed E-state index contributed by atoms with van der Waals surface area (Å²) in [7, 11) is -5.34. The van der Waals surface area contributed by atoms with Gasteiger partial charge in [0.2, 0.25) is 5.91 Å². The van der Waals surface area contributed by atoms with Crippen molar-refractivity contribution in [1.29, 1.82) is 0 Å². The highest BCUT2D eigenvalue weighted by molar-refractivity contribution is 7.55. The normalized spacial score (nSPS) is 31.4. The van der Waals surface area contributed by atoms with Crippen molar-refractivity contribution >= 4 is 21.8 Å². The third-order valence-electron chi connectivity index (χ3n) is 4.66. The van der Waals surface area contributed by atoms with Gasteiger partial charge in [0.15, 0.2) is 8.32 Å². The molecule has 140 valence electrons. The smallest absolute Gasteiger partial charge is 0.343 e. The first kappa shape index (κ1) is 20.1. The summed E-state index contributed by atoms with van der Waals surface area (Å²) in [5.74, 6) is -0.0978. The molecule has 0 aromatic carbocycles. The molecule has 2 aliphatic rings. The fourth-order valence-electron chi connectivity index (χ4n) is 4.10. The molecule has 0 aromatic heterocycles. The number of rotatable bonds is 7. The second-order valence-electron chi connectivity index (χ2n) is 7.81. The van der Waals surface area contributed by atoms with Gasteiger partial charge in [0.1, 0.15) is 5.66 Å². The SMILES string of the molecule is CCOP(=O)(OCC)C1C[C@](C)(O[Si](C)(C)C)[C@@H]2CCCN2C1=O. The van der Waals surface area contributed by atoms with Crippen LogP contribution in [0.3, 0.4) is 0 Å². The van der Waals surface area contributed by atoms with Gasteiger partial charge >= 0.3 is 7.60 Å². The Balaban J connectivity index is 2.39. The van der Waals surface area contributed by atoms with Crippen molar-refractivity contribution in [2.75, 3.05) is 19.8 Å². The summed E-state index contributed by atoms with van der Waals surface area (Å²) < 4.78 is 30.8. The maximum atomic E-state index is 13.3. The lowest BCUT2D eigenvalue weighted by atomic mass is 9.85. The van der Waals surface area contributed by atoms with E-state index < -0.39 is 27.2 Å². The van der Waals surface area contributed by atoms with E-state index in [-0.39, 0.29) is 25.2 Å². The molecule has 0 bridgehead atoms. The summed E-state index contributed by atoms with van der Waals surface area (Å²) in [4.78, 5) is 14.9. The molecule has 0 N–H and O–H groups in total. The summed E-state index contributed by atoms with van der Waals surface area (Å²) in [5, 5.41) is 0. The molecule has 0 aliphatic carbocycles. The van der Waals surface area contributed by atoms with Gasteiger partial charge in [-0.3, -0.25) is 9.36 Å². The van der Waals surface area contributed by atoms with Crippen molar-refractivity contribution in [3.05, 3.63) is 0 Å². The average Bonchev–Trinajstić information content (AvgIpc) is 2.92. The third-order valence-corrected chi connectivity index (χ3v) is 8.15. The number of piperidine rings is 1. The molecule has 0 saturated carbocycles. The van der Waals surface area contributed by atoms with Crippen LogP contribution in [0, 0.1) is 0 Å². The Hall–Kier alpha value is -0.203. The van der Waals surface area contributed by atoms with Crippen LogP contribution in [0.5, 0.6) is 0 Å². The fourth-order valence-corrected chi connectivity index (χ4v) is 7.87. The van der Waals surface area contributed by atoms with Gasteiger partial charge in [0.05, 0.1) is 24.9 Å². The molecular formula is C16H32NO5PSi.